The molecule has 19 heavy (non-hydrogen) atoms. The first kappa shape index (κ1) is 16.0. The molecule has 3 heteroatoms. The first-order valence-electron chi connectivity index (χ1n) is 7.15. The number of hydrogen-bond acceptors (Lipinski definition) is 3. The molecule has 108 valence electrons. The highest BCUT2D eigenvalue weighted by atomic mass is 16.5. The van der Waals surface area contributed by atoms with Gasteiger partial charge in [-0.2, -0.15) is 0 Å². The first-order chi connectivity index (χ1) is 9.16. The van der Waals surface area contributed by atoms with E-state index in [0.717, 1.165) is 38.5 Å². The number of aryl methyl sites for hydroxylation is 2. The first-order valence-corrected chi connectivity index (χ1v) is 7.15. The van der Waals surface area contributed by atoms with Gasteiger partial charge < -0.3 is 14.8 Å². The second-order valence-corrected chi connectivity index (χ2v) is 4.80. The van der Waals surface area contributed by atoms with Gasteiger partial charge in [-0.15, -0.1) is 0 Å². The summed E-state index contributed by atoms with van der Waals surface area (Å²) in [6, 6.07) is 4.26. The highest BCUT2D eigenvalue weighted by molar-refractivity contribution is 5.44. The Morgan fingerprint density at radius 3 is 2.47 bits per heavy atom. The molecule has 1 aromatic rings. The zero-order valence-electron chi connectivity index (χ0n) is 12.7. The van der Waals surface area contributed by atoms with E-state index in [1.165, 1.54) is 16.7 Å². The molecule has 0 atom stereocenters. The molecule has 0 aliphatic heterocycles. The molecule has 0 saturated heterocycles. The smallest absolute Gasteiger partial charge is 0.125 e. The van der Waals surface area contributed by atoms with Crippen molar-refractivity contribution in [2.75, 3.05) is 32.9 Å². The van der Waals surface area contributed by atoms with E-state index in [0.29, 0.717) is 6.61 Å². The van der Waals surface area contributed by atoms with Crippen molar-refractivity contribution in [1.82, 2.24) is 5.32 Å². The minimum atomic E-state index is 0.708. The minimum Gasteiger partial charge on any atom is -0.492 e. The monoisotopic (exact) mass is 265 g/mol. The Bertz CT molecular complexity index is 377. The lowest BCUT2D eigenvalue weighted by atomic mass is 10.1. The third-order valence-corrected chi connectivity index (χ3v) is 3.25. The maximum atomic E-state index is 5.88. The Hall–Kier alpha value is -1.06. The third-order valence-electron chi connectivity index (χ3n) is 3.25. The fourth-order valence-electron chi connectivity index (χ4n) is 1.94. The molecule has 1 rings (SSSR count). The average Bonchev–Trinajstić information content (AvgIpc) is 2.40. The van der Waals surface area contributed by atoms with Gasteiger partial charge in [0, 0.05) is 19.8 Å². The molecule has 0 aromatic heterocycles. The van der Waals surface area contributed by atoms with Crippen molar-refractivity contribution < 1.29 is 9.47 Å². The highest BCUT2D eigenvalue weighted by Gasteiger charge is 2.05. The molecule has 0 spiro atoms. The lowest BCUT2D eigenvalue weighted by molar-refractivity contribution is 0.144. The van der Waals surface area contributed by atoms with Crippen molar-refractivity contribution in [3.8, 4) is 5.75 Å². The number of hydrogen-bond donors (Lipinski definition) is 1. The van der Waals surface area contributed by atoms with Crippen LogP contribution in [0.4, 0.5) is 0 Å². The molecular formula is C16H27NO2. The summed E-state index contributed by atoms with van der Waals surface area (Å²) in [5, 5.41) is 3.36. The molecular weight excluding hydrogens is 238 g/mol. The molecule has 0 aliphatic rings. The van der Waals surface area contributed by atoms with Gasteiger partial charge >= 0.3 is 0 Å². The van der Waals surface area contributed by atoms with Crippen LogP contribution in [0, 0.1) is 20.8 Å². The van der Waals surface area contributed by atoms with E-state index in [2.05, 4.69) is 38.2 Å². The Morgan fingerprint density at radius 2 is 1.74 bits per heavy atom. The molecule has 0 saturated carbocycles. The van der Waals surface area contributed by atoms with Crippen LogP contribution in [0.2, 0.25) is 0 Å². The Balaban J connectivity index is 2.21. The van der Waals surface area contributed by atoms with Crippen molar-refractivity contribution in [1.29, 1.82) is 0 Å². The SMILES string of the molecule is CCOCCCNCCOc1c(C)ccc(C)c1C. The maximum absolute atomic E-state index is 5.88. The summed E-state index contributed by atoms with van der Waals surface area (Å²) >= 11 is 0. The molecule has 1 N–H and O–H groups in total. The quantitative estimate of drug-likeness (QED) is 0.696. The molecule has 0 bridgehead atoms. The molecule has 0 radical (unpaired) electrons. The number of benzene rings is 1. The highest BCUT2D eigenvalue weighted by Crippen LogP contribution is 2.25. The van der Waals surface area contributed by atoms with Gasteiger partial charge in [0.1, 0.15) is 12.4 Å². The second-order valence-electron chi connectivity index (χ2n) is 4.80. The van der Waals surface area contributed by atoms with Gasteiger partial charge in [-0.1, -0.05) is 12.1 Å². The van der Waals surface area contributed by atoms with Crippen LogP contribution in [0.3, 0.4) is 0 Å². The normalized spacial score (nSPS) is 10.7. The van der Waals surface area contributed by atoms with Crippen molar-refractivity contribution in [3.05, 3.63) is 28.8 Å². The summed E-state index contributed by atoms with van der Waals surface area (Å²) in [4.78, 5) is 0. The van der Waals surface area contributed by atoms with Gasteiger partial charge in [-0.05, 0) is 57.4 Å². The van der Waals surface area contributed by atoms with E-state index < -0.39 is 0 Å². The fourth-order valence-corrected chi connectivity index (χ4v) is 1.94. The van der Waals surface area contributed by atoms with Gasteiger partial charge in [0.2, 0.25) is 0 Å². The van der Waals surface area contributed by atoms with E-state index in [9.17, 15) is 0 Å². The average molecular weight is 265 g/mol. The lowest BCUT2D eigenvalue weighted by Gasteiger charge is -2.14. The Kier molecular flexibility index (Phi) is 7.53. The van der Waals surface area contributed by atoms with E-state index in [1.54, 1.807) is 0 Å². The van der Waals surface area contributed by atoms with Crippen LogP contribution in [0.15, 0.2) is 12.1 Å². The molecule has 0 unspecified atom stereocenters. The van der Waals surface area contributed by atoms with Crippen LogP contribution in [0.1, 0.15) is 30.0 Å². The number of rotatable bonds is 9. The van der Waals surface area contributed by atoms with E-state index in [-0.39, 0.29) is 0 Å². The summed E-state index contributed by atoms with van der Waals surface area (Å²) in [5.41, 5.74) is 3.74. The van der Waals surface area contributed by atoms with Crippen molar-refractivity contribution in [2.45, 2.75) is 34.1 Å². The molecule has 0 fully saturated rings. The fraction of sp³-hybridized carbons (Fsp3) is 0.625. The van der Waals surface area contributed by atoms with Crippen LogP contribution in [0.5, 0.6) is 5.75 Å². The van der Waals surface area contributed by atoms with Crippen LogP contribution in [-0.4, -0.2) is 32.9 Å². The zero-order chi connectivity index (χ0) is 14.1. The summed E-state index contributed by atoms with van der Waals surface area (Å²) in [6.07, 6.45) is 1.05. The van der Waals surface area contributed by atoms with Crippen LogP contribution in [0.25, 0.3) is 0 Å². The molecule has 1 aromatic carbocycles. The standard InChI is InChI=1S/C16H27NO2/c1-5-18-11-6-9-17-10-12-19-16-14(3)8-7-13(2)15(16)4/h7-8,17H,5-6,9-12H2,1-4H3. The van der Waals surface area contributed by atoms with Crippen molar-refractivity contribution in [2.24, 2.45) is 0 Å². The van der Waals surface area contributed by atoms with Crippen LogP contribution in [-0.2, 0) is 4.74 Å². The number of ether oxygens (including phenoxy) is 2. The van der Waals surface area contributed by atoms with Gasteiger partial charge in [-0.3, -0.25) is 0 Å². The zero-order valence-corrected chi connectivity index (χ0v) is 12.7. The Labute approximate surface area is 117 Å². The van der Waals surface area contributed by atoms with Crippen LogP contribution < -0.4 is 10.1 Å². The number of nitrogens with one attached hydrogen (secondary N) is 1. The topological polar surface area (TPSA) is 30.5 Å². The second kappa shape index (κ2) is 8.94. The van der Waals surface area contributed by atoms with Gasteiger partial charge in [-0.25, -0.2) is 0 Å². The predicted octanol–water partition coefficient (Wildman–Crippen LogP) is 3.01. The summed E-state index contributed by atoms with van der Waals surface area (Å²) in [5.74, 6) is 1.04. The van der Waals surface area contributed by atoms with Crippen LogP contribution >= 0.6 is 0 Å². The lowest BCUT2D eigenvalue weighted by Crippen LogP contribution is -2.23. The largest absolute Gasteiger partial charge is 0.492 e. The van der Waals surface area contributed by atoms with Crippen molar-refractivity contribution >= 4 is 0 Å². The molecule has 0 aliphatic carbocycles. The van der Waals surface area contributed by atoms with Gasteiger partial charge in [0.15, 0.2) is 0 Å². The van der Waals surface area contributed by atoms with E-state index in [4.69, 9.17) is 9.47 Å². The molecule has 3 nitrogen and oxygen atoms in total. The summed E-state index contributed by atoms with van der Waals surface area (Å²) < 4.78 is 11.2. The summed E-state index contributed by atoms with van der Waals surface area (Å²) in [6.45, 7) is 12.6. The summed E-state index contributed by atoms with van der Waals surface area (Å²) in [7, 11) is 0. The van der Waals surface area contributed by atoms with Gasteiger partial charge in [0.25, 0.3) is 0 Å². The van der Waals surface area contributed by atoms with Crippen molar-refractivity contribution in [3.63, 3.8) is 0 Å². The van der Waals surface area contributed by atoms with Gasteiger partial charge in [0.05, 0.1) is 0 Å². The van der Waals surface area contributed by atoms with E-state index in [1.807, 2.05) is 6.92 Å². The maximum Gasteiger partial charge on any atom is 0.125 e. The predicted molar refractivity (Wildman–Crippen MR) is 80.1 cm³/mol. The molecule has 0 amide bonds. The Morgan fingerprint density at radius 1 is 1.00 bits per heavy atom. The molecule has 0 heterocycles. The van der Waals surface area contributed by atoms with E-state index >= 15 is 0 Å². The minimum absolute atomic E-state index is 0.708. The third kappa shape index (κ3) is 5.62.